The second-order valence-electron chi connectivity index (χ2n) is 3.46. The first kappa shape index (κ1) is 12.2. The molecule has 2 N–H and O–H groups in total. The summed E-state index contributed by atoms with van der Waals surface area (Å²) in [6.07, 6.45) is 1.68. The number of hydrogen-bond donors (Lipinski definition) is 1. The first-order chi connectivity index (χ1) is 6.07. The van der Waals surface area contributed by atoms with Crippen LogP contribution in [0.4, 0.5) is 0 Å². The van der Waals surface area contributed by atoms with Crippen LogP contribution in [-0.4, -0.2) is 19.1 Å². The highest BCUT2D eigenvalue weighted by Gasteiger charge is 2.08. The number of ether oxygens (including phenoxy) is 1. The molecule has 0 aromatic heterocycles. The van der Waals surface area contributed by atoms with E-state index in [0.29, 0.717) is 24.5 Å². The van der Waals surface area contributed by atoms with E-state index < -0.39 is 0 Å². The lowest BCUT2D eigenvalue weighted by molar-refractivity contribution is -0.138. The van der Waals surface area contributed by atoms with E-state index in [1.54, 1.807) is 0 Å². The van der Waals surface area contributed by atoms with Gasteiger partial charge in [0.05, 0.1) is 0 Å². The molecule has 0 bridgehead atoms. The smallest absolute Gasteiger partial charge is 0.333 e. The highest BCUT2D eigenvalue weighted by molar-refractivity contribution is 5.87. The molecule has 0 aromatic rings. The molecular formula is C10H19NO2. The van der Waals surface area contributed by atoms with Gasteiger partial charge in [-0.3, -0.25) is 0 Å². The molecule has 0 aliphatic carbocycles. The minimum Gasteiger partial charge on any atom is -0.461 e. The molecule has 0 fully saturated rings. The number of carbonyl (C=O) groups excluding carboxylic acids is 1. The van der Waals surface area contributed by atoms with E-state index in [2.05, 4.69) is 20.4 Å². The van der Waals surface area contributed by atoms with Crippen LogP contribution in [0.25, 0.3) is 0 Å². The van der Waals surface area contributed by atoms with Gasteiger partial charge in [-0.2, -0.15) is 0 Å². The molecule has 0 radical (unpaired) electrons. The van der Waals surface area contributed by atoms with Crippen molar-refractivity contribution < 1.29 is 9.53 Å². The Balaban J connectivity index is 3.64. The van der Waals surface area contributed by atoms with Crippen LogP contribution in [0, 0.1) is 5.92 Å². The first-order valence-corrected chi connectivity index (χ1v) is 4.63. The Hall–Kier alpha value is -0.830. The molecule has 0 saturated carbocycles. The molecule has 0 unspecified atom stereocenters. The van der Waals surface area contributed by atoms with Crippen molar-refractivity contribution in [2.75, 3.05) is 13.2 Å². The third-order valence-electron chi connectivity index (χ3n) is 1.66. The van der Waals surface area contributed by atoms with E-state index in [1.807, 2.05) is 0 Å². The molecule has 0 heterocycles. The summed E-state index contributed by atoms with van der Waals surface area (Å²) in [5, 5.41) is 0. The molecule has 0 amide bonds. The Morgan fingerprint density at radius 3 is 2.62 bits per heavy atom. The molecule has 0 aromatic carbocycles. The topological polar surface area (TPSA) is 52.3 Å². The Kier molecular flexibility index (Phi) is 6.24. The van der Waals surface area contributed by atoms with Gasteiger partial charge in [-0.05, 0) is 18.8 Å². The van der Waals surface area contributed by atoms with E-state index in [4.69, 9.17) is 10.5 Å². The van der Waals surface area contributed by atoms with Crippen LogP contribution >= 0.6 is 0 Å². The van der Waals surface area contributed by atoms with Gasteiger partial charge in [-0.25, -0.2) is 4.79 Å². The van der Waals surface area contributed by atoms with Crippen molar-refractivity contribution in [3.8, 4) is 0 Å². The SMILES string of the molecule is C=C(CCC(C)C)C(=O)OCCN. The third kappa shape index (κ3) is 6.34. The van der Waals surface area contributed by atoms with Crippen LogP contribution < -0.4 is 5.73 Å². The first-order valence-electron chi connectivity index (χ1n) is 4.63. The predicted octanol–water partition coefficient (Wildman–Crippen LogP) is 1.48. The fourth-order valence-corrected chi connectivity index (χ4v) is 0.819. The maximum atomic E-state index is 11.1. The molecule has 0 aliphatic heterocycles. The summed E-state index contributed by atoms with van der Waals surface area (Å²) < 4.78 is 4.82. The van der Waals surface area contributed by atoms with Gasteiger partial charge in [-0.15, -0.1) is 0 Å². The minimum atomic E-state index is -0.314. The van der Waals surface area contributed by atoms with Gasteiger partial charge in [-0.1, -0.05) is 20.4 Å². The number of nitrogens with two attached hydrogens (primary N) is 1. The average Bonchev–Trinajstić information content (AvgIpc) is 2.10. The van der Waals surface area contributed by atoms with E-state index in [-0.39, 0.29) is 12.6 Å². The minimum absolute atomic E-state index is 0.277. The highest BCUT2D eigenvalue weighted by Crippen LogP contribution is 2.10. The van der Waals surface area contributed by atoms with E-state index in [1.165, 1.54) is 0 Å². The molecule has 0 spiro atoms. The lowest BCUT2D eigenvalue weighted by Gasteiger charge is -2.07. The van der Waals surface area contributed by atoms with Crippen molar-refractivity contribution in [2.24, 2.45) is 11.7 Å². The summed E-state index contributed by atoms with van der Waals surface area (Å²) in [6.45, 7) is 8.52. The zero-order valence-corrected chi connectivity index (χ0v) is 8.51. The second kappa shape index (κ2) is 6.66. The van der Waals surface area contributed by atoms with E-state index in [9.17, 15) is 4.79 Å². The lowest BCUT2D eigenvalue weighted by Crippen LogP contribution is -2.14. The highest BCUT2D eigenvalue weighted by atomic mass is 16.5. The van der Waals surface area contributed by atoms with Crippen LogP contribution in [0.2, 0.25) is 0 Å². The Bertz CT molecular complexity index is 176. The summed E-state index contributed by atoms with van der Waals surface area (Å²) >= 11 is 0. The summed E-state index contributed by atoms with van der Waals surface area (Å²) in [4.78, 5) is 11.1. The van der Waals surface area contributed by atoms with Gasteiger partial charge < -0.3 is 10.5 Å². The van der Waals surface area contributed by atoms with Crippen LogP contribution in [0.3, 0.4) is 0 Å². The van der Waals surface area contributed by atoms with Crippen molar-refractivity contribution in [2.45, 2.75) is 26.7 Å². The monoisotopic (exact) mass is 185 g/mol. The van der Waals surface area contributed by atoms with E-state index in [0.717, 1.165) is 6.42 Å². The zero-order chi connectivity index (χ0) is 10.3. The molecule has 0 atom stereocenters. The Morgan fingerprint density at radius 2 is 2.15 bits per heavy atom. The van der Waals surface area contributed by atoms with Gasteiger partial charge in [0.25, 0.3) is 0 Å². The summed E-state index contributed by atoms with van der Waals surface area (Å²) in [7, 11) is 0. The fourth-order valence-electron chi connectivity index (χ4n) is 0.819. The molecular weight excluding hydrogens is 166 g/mol. The Labute approximate surface area is 79.9 Å². The molecule has 13 heavy (non-hydrogen) atoms. The quantitative estimate of drug-likeness (QED) is 0.503. The second-order valence-corrected chi connectivity index (χ2v) is 3.46. The maximum Gasteiger partial charge on any atom is 0.333 e. The predicted molar refractivity (Wildman–Crippen MR) is 53.2 cm³/mol. The molecule has 3 nitrogen and oxygen atoms in total. The van der Waals surface area contributed by atoms with Crippen molar-refractivity contribution in [1.29, 1.82) is 0 Å². The molecule has 76 valence electrons. The normalized spacial score (nSPS) is 10.2. The average molecular weight is 185 g/mol. The molecule has 3 heteroatoms. The number of carbonyl (C=O) groups is 1. The number of esters is 1. The standard InChI is InChI=1S/C10H19NO2/c1-8(2)4-5-9(3)10(12)13-7-6-11/h8H,3-7,11H2,1-2H3. The van der Waals surface area contributed by atoms with Crippen molar-refractivity contribution in [3.63, 3.8) is 0 Å². The Morgan fingerprint density at radius 1 is 1.54 bits per heavy atom. The number of hydrogen-bond acceptors (Lipinski definition) is 3. The lowest BCUT2D eigenvalue weighted by atomic mass is 10.0. The van der Waals surface area contributed by atoms with Gasteiger partial charge in [0.1, 0.15) is 6.61 Å². The summed E-state index contributed by atoms with van der Waals surface area (Å²) in [5.74, 6) is 0.269. The van der Waals surface area contributed by atoms with Crippen molar-refractivity contribution in [1.82, 2.24) is 0 Å². The van der Waals surface area contributed by atoms with Crippen LogP contribution in [0.15, 0.2) is 12.2 Å². The largest absolute Gasteiger partial charge is 0.461 e. The summed E-state index contributed by atoms with van der Waals surface area (Å²) in [6, 6.07) is 0. The van der Waals surface area contributed by atoms with Gasteiger partial charge in [0.2, 0.25) is 0 Å². The van der Waals surface area contributed by atoms with Crippen LogP contribution in [-0.2, 0) is 9.53 Å². The third-order valence-corrected chi connectivity index (χ3v) is 1.66. The van der Waals surface area contributed by atoms with Crippen LogP contribution in [0.1, 0.15) is 26.7 Å². The van der Waals surface area contributed by atoms with Gasteiger partial charge in [0, 0.05) is 12.1 Å². The fraction of sp³-hybridized carbons (Fsp3) is 0.700. The van der Waals surface area contributed by atoms with Crippen LogP contribution in [0.5, 0.6) is 0 Å². The number of rotatable bonds is 6. The van der Waals surface area contributed by atoms with Crippen molar-refractivity contribution in [3.05, 3.63) is 12.2 Å². The summed E-state index contributed by atoms with van der Waals surface area (Å²) in [5.41, 5.74) is 5.74. The maximum absolute atomic E-state index is 11.1. The van der Waals surface area contributed by atoms with Gasteiger partial charge >= 0.3 is 5.97 Å². The molecule has 0 aliphatic rings. The molecule has 0 rings (SSSR count). The molecule has 0 saturated heterocycles. The van der Waals surface area contributed by atoms with Crippen molar-refractivity contribution >= 4 is 5.97 Å². The van der Waals surface area contributed by atoms with E-state index >= 15 is 0 Å². The zero-order valence-electron chi connectivity index (χ0n) is 8.51. The van der Waals surface area contributed by atoms with Gasteiger partial charge in [0.15, 0.2) is 0 Å².